The van der Waals surface area contributed by atoms with Crippen LogP contribution in [0.1, 0.15) is 36.2 Å². The predicted octanol–water partition coefficient (Wildman–Crippen LogP) is 4.39. The zero-order valence-electron chi connectivity index (χ0n) is 14.6. The van der Waals surface area contributed by atoms with Crippen molar-refractivity contribution in [2.45, 2.75) is 26.7 Å². The highest BCUT2D eigenvalue weighted by atomic mass is 35.5. The van der Waals surface area contributed by atoms with Crippen LogP contribution in [0, 0.1) is 0 Å². The van der Waals surface area contributed by atoms with Crippen LogP contribution in [-0.4, -0.2) is 29.8 Å². The van der Waals surface area contributed by atoms with E-state index >= 15 is 0 Å². The smallest absolute Gasteiger partial charge is 0.253 e. The molecule has 0 unspecified atom stereocenters. The van der Waals surface area contributed by atoms with E-state index in [0.717, 1.165) is 5.56 Å². The van der Waals surface area contributed by atoms with E-state index in [2.05, 4.69) is 5.32 Å². The number of hydrogen-bond acceptors (Lipinski definition) is 2. The molecule has 0 fully saturated rings. The summed E-state index contributed by atoms with van der Waals surface area (Å²) in [6.07, 6.45) is 1.01. The summed E-state index contributed by atoms with van der Waals surface area (Å²) in [5.74, 6) is -0.107. The molecule has 2 rings (SSSR count). The van der Waals surface area contributed by atoms with Crippen molar-refractivity contribution in [3.05, 3.63) is 64.7 Å². The largest absolute Gasteiger partial charge is 0.339 e. The molecular weight excluding hydrogens is 336 g/mol. The fourth-order valence-electron chi connectivity index (χ4n) is 2.56. The predicted molar refractivity (Wildman–Crippen MR) is 102 cm³/mol. The molecule has 1 N–H and O–H groups in total. The van der Waals surface area contributed by atoms with E-state index in [-0.39, 0.29) is 11.8 Å². The van der Waals surface area contributed by atoms with Crippen molar-refractivity contribution in [3.8, 4) is 0 Å². The van der Waals surface area contributed by atoms with Gasteiger partial charge in [-0.25, -0.2) is 0 Å². The van der Waals surface area contributed by atoms with Crippen molar-refractivity contribution in [1.29, 1.82) is 0 Å². The van der Waals surface area contributed by atoms with Gasteiger partial charge in [-0.1, -0.05) is 29.8 Å². The molecule has 5 heteroatoms. The molecule has 25 heavy (non-hydrogen) atoms. The number of carbonyl (C=O) groups excluding carboxylic acids is 2. The van der Waals surface area contributed by atoms with Crippen LogP contribution in [0.25, 0.3) is 0 Å². The molecule has 0 bridgehead atoms. The molecule has 0 saturated carbocycles. The lowest BCUT2D eigenvalue weighted by atomic mass is 10.1. The summed E-state index contributed by atoms with van der Waals surface area (Å²) in [4.78, 5) is 26.3. The summed E-state index contributed by atoms with van der Waals surface area (Å²) in [7, 11) is 0. The zero-order chi connectivity index (χ0) is 18.2. The van der Waals surface area contributed by atoms with Gasteiger partial charge in [-0.05, 0) is 56.2 Å². The molecule has 0 saturated heterocycles. The van der Waals surface area contributed by atoms with Crippen molar-refractivity contribution in [1.82, 2.24) is 4.90 Å². The van der Waals surface area contributed by atoms with Crippen LogP contribution in [0.4, 0.5) is 5.69 Å². The van der Waals surface area contributed by atoms with Gasteiger partial charge in [0.15, 0.2) is 0 Å². The summed E-state index contributed by atoms with van der Waals surface area (Å²) >= 11 is 5.85. The molecule has 0 atom stereocenters. The number of carbonyl (C=O) groups is 2. The van der Waals surface area contributed by atoms with Gasteiger partial charge in [0.2, 0.25) is 5.91 Å². The van der Waals surface area contributed by atoms with Gasteiger partial charge < -0.3 is 10.2 Å². The molecule has 0 aliphatic rings. The highest BCUT2D eigenvalue weighted by Crippen LogP contribution is 2.15. The summed E-state index contributed by atoms with van der Waals surface area (Å²) in [5.41, 5.74) is 2.28. The summed E-state index contributed by atoms with van der Waals surface area (Å²) in [6, 6.07) is 14.5. The summed E-state index contributed by atoms with van der Waals surface area (Å²) in [6.45, 7) is 5.22. The van der Waals surface area contributed by atoms with Gasteiger partial charge in [-0.3, -0.25) is 9.59 Å². The Hall–Kier alpha value is -2.33. The first-order chi connectivity index (χ1) is 12.0. The quantitative estimate of drug-likeness (QED) is 0.797. The monoisotopic (exact) mass is 358 g/mol. The normalized spacial score (nSPS) is 10.4. The van der Waals surface area contributed by atoms with Gasteiger partial charge in [-0.2, -0.15) is 0 Å². The average molecular weight is 359 g/mol. The number of rotatable bonds is 7. The van der Waals surface area contributed by atoms with Crippen LogP contribution in [0.3, 0.4) is 0 Å². The van der Waals surface area contributed by atoms with Gasteiger partial charge in [0.05, 0.1) is 0 Å². The van der Waals surface area contributed by atoms with E-state index in [1.165, 1.54) is 0 Å². The topological polar surface area (TPSA) is 49.4 Å². The Labute approximate surface area is 153 Å². The maximum Gasteiger partial charge on any atom is 0.253 e. The Morgan fingerprint density at radius 1 is 1.04 bits per heavy atom. The van der Waals surface area contributed by atoms with Crippen molar-refractivity contribution in [2.24, 2.45) is 0 Å². The number of hydrogen-bond donors (Lipinski definition) is 1. The number of halogens is 1. The third-order valence-electron chi connectivity index (χ3n) is 4.00. The molecule has 2 amide bonds. The molecule has 0 aromatic heterocycles. The molecule has 2 aromatic carbocycles. The maximum atomic E-state index is 12.4. The van der Waals surface area contributed by atoms with Gasteiger partial charge in [0.25, 0.3) is 5.91 Å². The highest BCUT2D eigenvalue weighted by Gasteiger charge is 2.13. The molecule has 132 valence electrons. The van der Waals surface area contributed by atoms with E-state index in [1.807, 2.05) is 38.1 Å². The van der Waals surface area contributed by atoms with Crippen LogP contribution < -0.4 is 5.32 Å². The van der Waals surface area contributed by atoms with E-state index in [0.29, 0.717) is 42.2 Å². The summed E-state index contributed by atoms with van der Waals surface area (Å²) in [5, 5.41) is 3.54. The van der Waals surface area contributed by atoms with E-state index in [4.69, 9.17) is 11.6 Å². The lowest BCUT2D eigenvalue weighted by Gasteiger charge is -2.19. The third kappa shape index (κ3) is 5.61. The van der Waals surface area contributed by atoms with Gasteiger partial charge in [-0.15, -0.1) is 0 Å². The Morgan fingerprint density at radius 3 is 2.36 bits per heavy atom. The van der Waals surface area contributed by atoms with E-state index < -0.39 is 0 Å². The highest BCUT2D eigenvalue weighted by molar-refractivity contribution is 6.30. The fourth-order valence-corrected chi connectivity index (χ4v) is 2.68. The van der Waals surface area contributed by atoms with Crippen LogP contribution in [-0.2, 0) is 11.2 Å². The molecule has 0 heterocycles. The first-order valence-corrected chi connectivity index (χ1v) is 8.85. The van der Waals surface area contributed by atoms with Crippen molar-refractivity contribution in [3.63, 3.8) is 0 Å². The Morgan fingerprint density at radius 2 is 1.72 bits per heavy atom. The van der Waals surface area contributed by atoms with Crippen molar-refractivity contribution < 1.29 is 9.59 Å². The number of benzene rings is 2. The van der Waals surface area contributed by atoms with Crippen molar-refractivity contribution in [2.75, 3.05) is 18.4 Å². The third-order valence-corrected chi connectivity index (χ3v) is 4.25. The molecular formula is C20H23ClN2O2. The van der Waals surface area contributed by atoms with Crippen LogP contribution in [0.15, 0.2) is 48.5 Å². The Balaban J connectivity index is 1.95. The molecule has 0 spiro atoms. The molecule has 2 aromatic rings. The van der Waals surface area contributed by atoms with Crippen molar-refractivity contribution >= 4 is 29.1 Å². The van der Waals surface area contributed by atoms with Gasteiger partial charge in [0.1, 0.15) is 0 Å². The van der Waals surface area contributed by atoms with Gasteiger partial charge in [0, 0.05) is 35.8 Å². The number of nitrogens with zero attached hydrogens (tertiary/aromatic N) is 1. The number of anilines is 1. The van der Waals surface area contributed by atoms with E-state index in [9.17, 15) is 9.59 Å². The number of nitrogens with one attached hydrogen (secondary N) is 1. The second-order valence-electron chi connectivity index (χ2n) is 5.73. The Bertz CT molecular complexity index is 725. The second kappa shape index (κ2) is 9.23. The SMILES string of the molecule is CCN(CC)C(=O)c1cccc(NC(=O)CCc2ccc(Cl)cc2)c1. The zero-order valence-corrected chi connectivity index (χ0v) is 15.3. The molecule has 0 aliphatic heterocycles. The number of aryl methyl sites for hydroxylation is 1. The standard InChI is InChI=1S/C20H23ClN2O2/c1-3-23(4-2)20(25)16-6-5-7-18(14-16)22-19(24)13-10-15-8-11-17(21)12-9-15/h5-9,11-12,14H,3-4,10,13H2,1-2H3,(H,22,24). The molecule has 0 radical (unpaired) electrons. The van der Waals surface area contributed by atoms with Crippen LogP contribution in [0.2, 0.25) is 5.02 Å². The van der Waals surface area contributed by atoms with Crippen LogP contribution in [0.5, 0.6) is 0 Å². The minimum atomic E-state index is -0.0811. The Kier molecular flexibility index (Phi) is 7.02. The number of amides is 2. The lowest BCUT2D eigenvalue weighted by Crippen LogP contribution is -2.30. The first kappa shape index (κ1) is 19.0. The second-order valence-corrected chi connectivity index (χ2v) is 6.17. The first-order valence-electron chi connectivity index (χ1n) is 8.47. The minimum Gasteiger partial charge on any atom is -0.339 e. The molecule has 0 aliphatic carbocycles. The average Bonchev–Trinajstić information content (AvgIpc) is 2.62. The molecule has 4 nitrogen and oxygen atoms in total. The fraction of sp³-hybridized carbons (Fsp3) is 0.300. The van der Waals surface area contributed by atoms with Crippen LogP contribution >= 0.6 is 11.6 Å². The van der Waals surface area contributed by atoms with E-state index in [1.54, 1.807) is 29.2 Å². The minimum absolute atomic E-state index is 0.0257. The maximum absolute atomic E-state index is 12.4. The summed E-state index contributed by atoms with van der Waals surface area (Å²) < 4.78 is 0. The van der Waals surface area contributed by atoms with Gasteiger partial charge >= 0.3 is 0 Å². The lowest BCUT2D eigenvalue weighted by molar-refractivity contribution is -0.116.